The molecule has 0 aromatic carbocycles. The zero-order chi connectivity index (χ0) is 13.2. The van der Waals surface area contributed by atoms with Crippen LogP contribution in [-0.2, 0) is 4.74 Å². The topological polar surface area (TPSA) is 45.6 Å². The summed E-state index contributed by atoms with van der Waals surface area (Å²) in [4.78, 5) is 6.69. The number of aliphatic hydroxyl groups excluding tert-OH is 1. The van der Waals surface area contributed by atoms with Gasteiger partial charge in [-0.1, -0.05) is 11.6 Å². The van der Waals surface area contributed by atoms with Gasteiger partial charge in [-0.05, 0) is 31.4 Å². The van der Waals surface area contributed by atoms with Crippen molar-refractivity contribution in [2.24, 2.45) is 5.92 Å². The van der Waals surface area contributed by atoms with E-state index in [0.717, 1.165) is 31.6 Å². The fraction of sp³-hybridized carbons (Fsp3) is 0.643. The van der Waals surface area contributed by atoms with E-state index in [1.165, 1.54) is 0 Å². The number of hydrogen-bond donors (Lipinski definition) is 1. The highest BCUT2D eigenvalue weighted by molar-refractivity contribution is 6.30. The Kier molecular flexibility index (Phi) is 3.91. The standard InChI is InChI=1S/C14H19ClN2O2/c15-10-3-4-14(16-8-10)17-6-1-2-12(17)11-9-19-7-5-13(11)18/h3-4,8,11-13,18H,1-2,5-7,9H2/t11-,12-,13+/m0/s1. The Bertz CT molecular complexity index is 426. The van der Waals surface area contributed by atoms with Crippen LogP contribution < -0.4 is 4.90 Å². The van der Waals surface area contributed by atoms with Crippen molar-refractivity contribution in [2.75, 3.05) is 24.7 Å². The van der Waals surface area contributed by atoms with Gasteiger partial charge in [0.05, 0.1) is 17.7 Å². The fourth-order valence-corrected chi connectivity index (χ4v) is 3.29. The van der Waals surface area contributed by atoms with Crippen LogP contribution in [-0.4, -0.2) is 42.0 Å². The van der Waals surface area contributed by atoms with Gasteiger partial charge >= 0.3 is 0 Å². The molecule has 0 aliphatic carbocycles. The van der Waals surface area contributed by atoms with Gasteiger partial charge in [0.2, 0.25) is 0 Å². The lowest BCUT2D eigenvalue weighted by atomic mass is 9.89. The van der Waals surface area contributed by atoms with Crippen molar-refractivity contribution in [1.29, 1.82) is 0 Å². The molecule has 1 N–H and O–H groups in total. The lowest BCUT2D eigenvalue weighted by molar-refractivity contribution is -0.0438. The second kappa shape index (κ2) is 5.65. The second-order valence-electron chi connectivity index (χ2n) is 5.33. The van der Waals surface area contributed by atoms with Crippen molar-refractivity contribution in [3.63, 3.8) is 0 Å². The summed E-state index contributed by atoms with van der Waals surface area (Å²) in [5.74, 6) is 1.14. The lowest BCUT2D eigenvalue weighted by Crippen LogP contribution is -2.46. The van der Waals surface area contributed by atoms with Crippen molar-refractivity contribution >= 4 is 17.4 Å². The maximum atomic E-state index is 10.2. The molecular formula is C14H19ClN2O2. The molecule has 2 saturated heterocycles. The third-order valence-electron chi connectivity index (χ3n) is 4.16. The molecule has 1 aromatic heterocycles. The largest absolute Gasteiger partial charge is 0.393 e. The number of pyridine rings is 1. The molecule has 2 aliphatic heterocycles. The Balaban J connectivity index is 1.79. The molecule has 0 amide bonds. The van der Waals surface area contributed by atoms with E-state index in [1.807, 2.05) is 12.1 Å². The molecule has 5 heteroatoms. The van der Waals surface area contributed by atoms with Gasteiger partial charge in [0.25, 0.3) is 0 Å². The first kappa shape index (κ1) is 13.2. The highest BCUT2D eigenvalue weighted by Gasteiger charge is 2.38. The van der Waals surface area contributed by atoms with Gasteiger partial charge in [-0.3, -0.25) is 0 Å². The number of ether oxygens (including phenoxy) is 1. The molecule has 3 atom stereocenters. The van der Waals surface area contributed by atoms with Crippen molar-refractivity contribution in [3.05, 3.63) is 23.4 Å². The van der Waals surface area contributed by atoms with Gasteiger partial charge in [-0.2, -0.15) is 0 Å². The van der Waals surface area contributed by atoms with Crippen molar-refractivity contribution < 1.29 is 9.84 Å². The molecule has 2 fully saturated rings. The summed E-state index contributed by atoms with van der Waals surface area (Å²) in [5.41, 5.74) is 0. The Morgan fingerprint density at radius 1 is 1.37 bits per heavy atom. The number of rotatable bonds is 2. The number of hydrogen-bond acceptors (Lipinski definition) is 4. The Morgan fingerprint density at radius 3 is 3.00 bits per heavy atom. The predicted octanol–water partition coefficient (Wildman–Crippen LogP) is 2.10. The highest BCUT2D eigenvalue weighted by Crippen LogP contribution is 2.32. The van der Waals surface area contributed by atoms with E-state index in [0.29, 0.717) is 24.3 Å². The van der Waals surface area contributed by atoms with E-state index in [9.17, 15) is 5.11 Å². The number of anilines is 1. The van der Waals surface area contributed by atoms with Gasteiger partial charge in [-0.25, -0.2) is 4.98 Å². The van der Waals surface area contributed by atoms with Crippen LogP contribution in [0.15, 0.2) is 18.3 Å². The highest BCUT2D eigenvalue weighted by atomic mass is 35.5. The zero-order valence-electron chi connectivity index (χ0n) is 10.8. The second-order valence-corrected chi connectivity index (χ2v) is 5.77. The maximum absolute atomic E-state index is 10.2. The molecule has 3 heterocycles. The normalized spacial score (nSPS) is 31.7. The molecule has 1 aromatic rings. The molecule has 104 valence electrons. The molecule has 4 nitrogen and oxygen atoms in total. The van der Waals surface area contributed by atoms with Gasteiger partial charge in [-0.15, -0.1) is 0 Å². The minimum absolute atomic E-state index is 0.189. The predicted molar refractivity (Wildman–Crippen MR) is 74.5 cm³/mol. The van der Waals surface area contributed by atoms with Gasteiger partial charge in [0, 0.05) is 31.3 Å². The molecule has 2 aliphatic rings. The fourth-order valence-electron chi connectivity index (χ4n) is 3.18. The molecule has 0 radical (unpaired) electrons. The van der Waals surface area contributed by atoms with Crippen LogP contribution in [0.2, 0.25) is 5.02 Å². The number of aliphatic hydroxyl groups is 1. The molecule has 0 spiro atoms. The number of halogens is 1. The third-order valence-corrected chi connectivity index (χ3v) is 4.39. The average molecular weight is 283 g/mol. The maximum Gasteiger partial charge on any atom is 0.128 e. The summed E-state index contributed by atoms with van der Waals surface area (Å²) >= 11 is 5.89. The quantitative estimate of drug-likeness (QED) is 0.902. The van der Waals surface area contributed by atoms with Gasteiger partial charge in [0.15, 0.2) is 0 Å². The summed E-state index contributed by atoms with van der Waals surface area (Å²) in [6, 6.07) is 4.15. The first-order chi connectivity index (χ1) is 9.25. The molecule has 0 unspecified atom stereocenters. The number of aromatic nitrogens is 1. The van der Waals surface area contributed by atoms with E-state index in [-0.39, 0.29) is 12.0 Å². The van der Waals surface area contributed by atoms with Crippen molar-refractivity contribution in [3.8, 4) is 0 Å². The monoisotopic (exact) mass is 282 g/mol. The summed E-state index contributed by atoms with van der Waals surface area (Å²) in [6.45, 7) is 2.31. The van der Waals surface area contributed by atoms with E-state index in [4.69, 9.17) is 16.3 Å². The summed E-state index contributed by atoms with van der Waals surface area (Å²) in [7, 11) is 0. The Labute approximate surface area is 118 Å². The molecular weight excluding hydrogens is 264 g/mol. The van der Waals surface area contributed by atoms with Crippen LogP contribution >= 0.6 is 11.6 Å². The first-order valence-electron chi connectivity index (χ1n) is 6.90. The van der Waals surface area contributed by atoms with Crippen LogP contribution in [0.1, 0.15) is 19.3 Å². The smallest absolute Gasteiger partial charge is 0.128 e. The summed E-state index contributed by atoms with van der Waals surface area (Å²) < 4.78 is 5.54. The van der Waals surface area contributed by atoms with Crippen LogP contribution in [0.4, 0.5) is 5.82 Å². The molecule has 0 saturated carbocycles. The van der Waals surface area contributed by atoms with Crippen LogP contribution in [0.5, 0.6) is 0 Å². The van der Waals surface area contributed by atoms with E-state index >= 15 is 0 Å². The van der Waals surface area contributed by atoms with Crippen LogP contribution in [0.25, 0.3) is 0 Å². The van der Waals surface area contributed by atoms with Crippen LogP contribution in [0.3, 0.4) is 0 Å². The molecule has 3 rings (SSSR count). The van der Waals surface area contributed by atoms with E-state index in [2.05, 4.69) is 9.88 Å². The average Bonchev–Trinajstić information content (AvgIpc) is 2.89. The van der Waals surface area contributed by atoms with Crippen molar-refractivity contribution in [1.82, 2.24) is 4.98 Å². The Morgan fingerprint density at radius 2 is 2.26 bits per heavy atom. The van der Waals surface area contributed by atoms with E-state index < -0.39 is 0 Å². The summed E-state index contributed by atoms with van der Waals surface area (Å²) in [5, 5.41) is 10.8. The molecule has 19 heavy (non-hydrogen) atoms. The Hall–Kier alpha value is -0.840. The molecule has 0 bridgehead atoms. The minimum Gasteiger partial charge on any atom is -0.393 e. The van der Waals surface area contributed by atoms with Gasteiger partial charge in [0.1, 0.15) is 5.82 Å². The first-order valence-corrected chi connectivity index (χ1v) is 7.27. The van der Waals surface area contributed by atoms with Gasteiger partial charge < -0.3 is 14.7 Å². The minimum atomic E-state index is -0.258. The SMILES string of the molecule is O[C@@H]1CCOC[C@H]1[C@@H]1CCCN1c1ccc(Cl)cn1. The summed E-state index contributed by atoms with van der Waals surface area (Å²) in [6.07, 6.45) is 4.39. The van der Waals surface area contributed by atoms with E-state index in [1.54, 1.807) is 6.20 Å². The third kappa shape index (κ3) is 2.71. The van der Waals surface area contributed by atoms with Crippen molar-refractivity contribution in [2.45, 2.75) is 31.4 Å². The zero-order valence-corrected chi connectivity index (χ0v) is 11.6. The lowest BCUT2D eigenvalue weighted by Gasteiger charge is -2.37. The van der Waals surface area contributed by atoms with Crippen LogP contribution in [0, 0.1) is 5.92 Å². The number of nitrogens with zero attached hydrogens (tertiary/aromatic N) is 2.